The highest BCUT2D eigenvalue weighted by Crippen LogP contribution is 2.20. The number of anilines is 1. The van der Waals surface area contributed by atoms with Crippen molar-refractivity contribution in [3.63, 3.8) is 0 Å². The molecular weight excluding hydrogens is 432 g/mol. The Balaban J connectivity index is 1.48. The Hall–Kier alpha value is -3.58. The van der Waals surface area contributed by atoms with Gasteiger partial charge in [0.15, 0.2) is 0 Å². The second-order valence-corrected chi connectivity index (χ2v) is 8.58. The molecule has 168 valence electrons. The number of hydrogen-bond acceptors (Lipinski definition) is 4. The van der Waals surface area contributed by atoms with Crippen LogP contribution in [0.4, 0.5) is 5.69 Å². The van der Waals surface area contributed by atoms with Gasteiger partial charge in [0.1, 0.15) is 12.4 Å². The third-order valence-corrected chi connectivity index (χ3v) is 6.14. The summed E-state index contributed by atoms with van der Waals surface area (Å²) in [7, 11) is 0. The summed E-state index contributed by atoms with van der Waals surface area (Å²) in [5.74, 6) is 0.526. The molecule has 0 aliphatic rings. The fraction of sp³-hybridized carbons (Fsp3) is 0.192. The van der Waals surface area contributed by atoms with Gasteiger partial charge in [0.25, 0.3) is 5.91 Å². The van der Waals surface area contributed by atoms with Crippen LogP contribution in [0.2, 0.25) is 0 Å². The number of benzene rings is 3. The van der Waals surface area contributed by atoms with E-state index >= 15 is 0 Å². The number of hydrogen-bond donors (Lipinski definition) is 2. The van der Waals surface area contributed by atoms with E-state index in [-0.39, 0.29) is 18.4 Å². The summed E-state index contributed by atoms with van der Waals surface area (Å²) in [6, 6.07) is 23.0. The van der Waals surface area contributed by atoms with Crippen molar-refractivity contribution in [1.82, 2.24) is 14.9 Å². The van der Waals surface area contributed by atoms with E-state index in [9.17, 15) is 9.59 Å². The molecule has 0 radical (unpaired) electrons. The largest absolute Gasteiger partial charge is 0.352 e. The van der Waals surface area contributed by atoms with Crippen molar-refractivity contribution in [3.8, 4) is 0 Å². The van der Waals surface area contributed by atoms with Crippen LogP contribution >= 0.6 is 11.8 Å². The number of carbonyl (C=O) groups excluding carboxylic acids is 2. The molecular formula is C26H26N4O2S. The molecule has 0 atom stereocenters. The summed E-state index contributed by atoms with van der Waals surface area (Å²) in [6.45, 7) is 2.49. The summed E-state index contributed by atoms with van der Waals surface area (Å²) < 4.78 is 1.92. The van der Waals surface area contributed by atoms with E-state index in [2.05, 4.69) is 10.6 Å². The predicted molar refractivity (Wildman–Crippen MR) is 134 cm³/mol. The summed E-state index contributed by atoms with van der Waals surface area (Å²) in [5, 5.41) is 5.95. The molecule has 0 saturated carbocycles. The van der Waals surface area contributed by atoms with Gasteiger partial charge in [-0.1, -0.05) is 36.4 Å². The van der Waals surface area contributed by atoms with Gasteiger partial charge in [0.05, 0.1) is 11.0 Å². The average Bonchev–Trinajstić information content (AvgIpc) is 3.16. The van der Waals surface area contributed by atoms with Gasteiger partial charge < -0.3 is 15.2 Å². The van der Waals surface area contributed by atoms with Gasteiger partial charge in [-0.05, 0) is 55.1 Å². The number of imidazole rings is 1. The number of thioether (sulfide) groups is 1. The standard InChI is InChI=1S/C26H26N4O2S/c1-18-8-3-4-11-21(18)26(32)27-15-14-24-29-22-12-5-6-13-23(22)30(24)17-25(31)28-19-9-7-10-20(16-19)33-2/h3-13,16H,14-15,17H2,1-2H3,(H,27,32)(H,28,31). The monoisotopic (exact) mass is 458 g/mol. The molecule has 2 N–H and O–H groups in total. The van der Waals surface area contributed by atoms with Crippen LogP contribution in [0.25, 0.3) is 11.0 Å². The maximum absolute atomic E-state index is 12.8. The smallest absolute Gasteiger partial charge is 0.251 e. The lowest BCUT2D eigenvalue weighted by atomic mass is 10.1. The lowest BCUT2D eigenvalue weighted by molar-refractivity contribution is -0.116. The van der Waals surface area contributed by atoms with Crippen LogP contribution in [0.1, 0.15) is 21.7 Å². The van der Waals surface area contributed by atoms with Gasteiger partial charge in [0, 0.05) is 29.1 Å². The minimum Gasteiger partial charge on any atom is -0.352 e. The number of nitrogens with one attached hydrogen (secondary N) is 2. The molecule has 3 aromatic carbocycles. The number of rotatable bonds is 8. The minimum atomic E-state index is -0.124. The third kappa shape index (κ3) is 5.43. The first kappa shape index (κ1) is 22.6. The summed E-state index contributed by atoms with van der Waals surface area (Å²) >= 11 is 1.63. The second-order valence-electron chi connectivity index (χ2n) is 7.70. The molecule has 1 heterocycles. The summed E-state index contributed by atoms with van der Waals surface area (Å²) in [5.41, 5.74) is 4.09. The molecule has 0 spiro atoms. The molecule has 4 rings (SSSR count). The van der Waals surface area contributed by atoms with Crippen molar-refractivity contribution in [2.24, 2.45) is 0 Å². The molecule has 0 aliphatic carbocycles. The Morgan fingerprint density at radius 3 is 2.61 bits per heavy atom. The molecule has 0 bridgehead atoms. The maximum atomic E-state index is 12.8. The van der Waals surface area contributed by atoms with Gasteiger partial charge in [-0.3, -0.25) is 9.59 Å². The van der Waals surface area contributed by atoms with E-state index in [1.54, 1.807) is 11.8 Å². The first-order valence-corrected chi connectivity index (χ1v) is 12.0. The molecule has 6 nitrogen and oxygen atoms in total. The molecule has 4 aromatic rings. The molecule has 1 aromatic heterocycles. The topological polar surface area (TPSA) is 76.0 Å². The Morgan fingerprint density at radius 2 is 1.79 bits per heavy atom. The lowest BCUT2D eigenvalue weighted by Crippen LogP contribution is -2.27. The van der Waals surface area contributed by atoms with Crippen LogP contribution in [0, 0.1) is 6.92 Å². The zero-order valence-corrected chi connectivity index (χ0v) is 19.5. The molecule has 7 heteroatoms. The lowest BCUT2D eigenvalue weighted by Gasteiger charge is -2.11. The number of nitrogens with zero attached hydrogens (tertiary/aromatic N) is 2. The van der Waals surface area contributed by atoms with Crippen LogP contribution in [0.3, 0.4) is 0 Å². The fourth-order valence-corrected chi connectivity index (χ4v) is 4.21. The molecule has 0 aliphatic heterocycles. The van der Waals surface area contributed by atoms with Crippen LogP contribution in [0.15, 0.2) is 77.7 Å². The van der Waals surface area contributed by atoms with Gasteiger partial charge in [-0.25, -0.2) is 4.98 Å². The second kappa shape index (κ2) is 10.4. The predicted octanol–water partition coefficient (Wildman–Crippen LogP) is 4.68. The Kier molecular flexibility index (Phi) is 7.10. The average molecular weight is 459 g/mol. The van der Waals surface area contributed by atoms with Crippen LogP contribution in [-0.4, -0.2) is 34.2 Å². The highest BCUT2D eigenvalue weighted by Gasteiger charge is 2.15. The molecule has 2 amide bonds. The van der Waals surface area contributed by atoms with Crippen LogP contribution < -0.4 is 10.6 Å². The van der Waals surface area contributed by atoms with Crippen LogP contribution in [0.5, 0.6) is 0 Å². The van der Waals surface area contributed by atoms with Crippen molar-refractivity contribution in [3.05, 3.63) is 89.7 Å². The Labute approximate surface area is 197 Å². The normalized spacial score (nSPS) is 10.8. The zero-order chi connectivity index (χ0) is 23.2. The first-order chi connectivity index (χ1) is 16.0. The van der Waals surface area contributed by atoms with Crippen LogP contribution in [-0.2, 0) is 17.8 Å². The zero-order valence-electron chi connectivity index (χ0n) is 18.7. The highest BCUT2D eigenvalue weighted by molar-refractivity contribution is 7.98. The number of fused-ring (bicyclic) bond motifs is 1. The van der Waals surface area contributed by atoms with E-state index < -0.39 is 0 Å². The quantitative estimate of drug-likeness (QED) is 0.376. The van der Waals surface area contributed by atoms with Crippen molar-refractivity contribution < 1.29 is 9.59 Å². The van der Waals surface area contributed by atoms with Crippen molar-refractivity contribution in [2.75, 3.05) is 18.1 Å². The highest BCUT2D eigenvalue weighted by atomic mass is 32.2. The molecule has 0 saturated heterocycles. The van der Waals surface area contributed by atoms with E-state index in [0.717, 1.165) is 33.0 Å². The SMILES string of the molecule is CSc1cccc(NC(=O)Cn2c(CCNC(=O)c3ccccc3C)nc3ccccc32)c1. The van der Waals surface area contributed by atoms with Crippen molar-refractivity contribution in [1.29, 1.82) is 0 Å². The number of aromatic nitrogens is 2. The van der Waals surface area contributed by atoms with Crippen molar-refractivity contribution in [2.45, 2.75) is 24.8 Å². The van der Waals surface area contributed by atoms with Gasteiger partial charge in [0.2, 0.25) is 5.91 Å². The van der Waals surface area contributed by atoms with Gasteiger partial charge in [-0.15, -0.1) is 11.8 Å². The molecule has 0 unspecified atom stereocenters. The minimum absolute atomic E-state index is 0.109. The third-order valence-electron chi connectivity index (χ3n) is 5.41. The van der Waals surface area contributed by atoms with E-state index in [0.29, 0.717) is 18.5 Å². The van der Waals surface area contributed by atoms with Crippen molar-refractivity contribution >= 4 is 40.3 Å². The fourth-order valence-electron chi connectivity index (χ4n) is 3.75. The Morgan fingerprint density at radius 1 is 1.00 bits per heavy atom. The van der Waals surface area contributed by atoms with Gasteiger partial charge in [-0.2, -0.15) is 0 Å². The number of carbonyl (C=O) groups is 2. The maximum Gasteiger partial charge on any atom is 0.251 e. The summed E-state index contributed by atoms with van der Waals surface area (Å²) in [6.07, 6.45) is 2.52. The van der Waals surface area contributed by atoms with E-state index in [1.807, 2.05) is 90.5 Å². The molecule has 0 fully saturated rings. The molecule has 33 heavy (non-hydrogen) atoms. The first-order valence-electron chi connectivity index (χ1n) is 10.8. The summed E-state index contributed by atoms with van der Waals surface area (Å²) in [4.78, 5) is 31.2. The number of amides is 2. The number of aryl methyl sites for hydroxylation is 1. The van der Waals surface area contributed by atoms with Gasteiger partial charge >= 0.3 is 0 Å². The van der Waals surface area contributed by atoms with E-state index in [4.69, 9.17) is 4.98 Å². The van der Waals surface area contributed by atoms with E-state index in [1.165, 1.54) is 0 Å². The number of para-hydroxylation sites is 2. The Bertz CT molecular complexity index is 1300.